The Morgan fingerprint density at radius 3 is 2.43 bits per heavy atom. The first-order chi connectivity index (χ1) is 6.47. The van der Waals surface area contributed by atoms with E-state index in [-0.39, 0.29) is 0 Å². The summed E-state index contributed by atoms with van der Waals surface area (Å²) in [7, 11) is 0. The van der Waals surface area contributed by atoms with Gasteiger partial charge in [0.15, 0.2) is 0 Å². The molecule has 0 saturated carbocycles. The van der Waals surface area contributed by atoms with Crippen molar-refractivity contribution >= 4 is 5.97 Å². The minimum atomic E-state index is -0.911. The summed E-state index contributed by atoms with van der Waals surface area (Å²) >= 11 is 0. The second-order valence-electron chi connectivity index (χ2n) is 4.02. The zero-order valence-electron chi connectivity index (χ0n) is 9.36. The van der Waals surface area contributed by atoms with Crippen molar-refractivity contribution in [1.82, 2.24) is 4.90 Å². The molecule has 0 saturated heterocycles. The van der Waals surface area contributed by atoms with Crippen molar-refractivity contribution in [3.05, 3.63) is 0 Å². The first-order valence-electron chi connectivity index (χ1n) is 5.18. The molecule has 3 N–H and O–H groups in total. The highest BCUT2D eigenvalue weighted by molar-refractivity contribution is 5.72. The van der Waals surface area contributed by atoms with Crippen molar-refractivity contribution in [3.63, 3.8) is 0 Å². The quantitative estimate of drug-likeness (QED) is 0.640. The van der Waals surface area contributed by atoms with Crippen LogP contribution in [0, 0.1) is 5.92 Å². The third kappa shape index (κ3) is 5.94. The molecule has 0 amide bonds. The van der Waals surface area contributed by atoms with Gasteiger partial charge in [-0.05, 0) is 18.9 Å². The van der Waals surface area contributed by atoms with E-state index in [1.54, 1.807) is 0 Å². The summed E-state index contributed by atoms with van der Waals surface area (Å²) in [6, 6.07) is -0.726. The Morgan fingerprint density at radius 2 is 2.07 bits per heavy atom. The van der Waals surface area contributed by atoms with Gasteiger partial charge in [0.05, 0.1) is 0 Å². The van der Waals surface area contributed by atoms with Crippen LogP contribution in [0.3, 0.4) is 0 Å². The fraction of sp³-hybridized carbons (Fsp3) is 0.900. The SMILES string of the molecule is CCN(CC[C@@H](N)C(=O)O)CC(C)C. The molecule has 0 aliphatic carbocycles. The van der Waals surface area contributed by atoms with E-state index in [1.165, 1.54) is 0 Å². The number of carboxylic acids is 1. The summed E-state index contributed by atoms with van der Waals surface area (Å²) in [5.41, 5.74) is 5.42. The Labute approximate surface area is 86.1 Å². The Balaban J connectivity index is 3.77. The molecule has 0 heterocycles. The van der Waals surface area contributed by atoms with Gasteiger partial charge in [-0.2, -0.15) is 0 Å². The number of hydrogen-bond acceptors (Lipinski definition) is 3. The molecule has 84 valence electrons. The smallest absolute Gasteiger partial charge is 0.320 e. The van der Waals surface area contributed by atoms with Crippen molar-refractivity contribution in [1.29, 1.82) is 0 Å². The lowest BCUT2D eigenvalue weighted by molar-refractivity contribution is -0.138. The molecule has 0 radical (unpaired) electrons. The molecule has 14 heavy (non-hydrogen) atoms. The van der Waals surface area contributed by atoms with Crippen molar-refractivity contribution in [2.45, 2.75) is 33.2 Å². The van der Waals surface area contributed by atoms with E-state index in [4.69, 9.17) is 10.8 Å². The number of carboxylic acid groups (broad SMARTS) is 1. The number of rotatable bonds is 7. The van der Waals surface area contributed by atoms with Crippen molar-refractivity contribution in [2.75, 3.05) is 19.6 Å². The lowest BCUT2D eigenvalue weighted by atomic mass is 10.1. The molecule has 0 aromatic rings. The van der Waals surface area contributed by atoms with Crippen LogP contribution in [-0.2, 0) is 4.79 Å². The van der Waals surface area contributed by atoms with Crippen LogP contribution in [0.1, 0.15) is 27.2 Å². The first kappa shape index (κ1) is 13.4. The molecular formula is C10H22N2O2. The molecule has 0 aliphatic heterocycles. The molecule has 0 rings (SSSR count). The molecule has 4 nitrogen and oxygen atoms in total. The number of carbonyl (C=O) groups is 1. The number of nitrogens with zero attached hydrogens (tertiary/aromatic N) is 1. The number of nitrogens with two attached hydrogens (primary N) is 1. The normalized spacial score (nSPS) is 13.6. The van der Waals surface area contributed by atoms with E-state index in [0.29, 0.717) is 12.3 Å². The van der Waals surface area contributed by atoms with E-state index in [2.05, 4.69) is 25.7 Å². The maximum Gasteiger partial charge on any atom is 0.320 e. The summed E-state index contributed by atoms with van der Waals surface area (Å²) in [6.45, 7) is 9.10. The van der Waals surface area contributed by atoms with E-state index in [0.717, 1.165) is 19.6 Å². The van der Waals surface area contributed by atoms with E-state index < -0.39 is 12.0 Å². The van der Waals surface area contributed by atoms with E-state index in [9.17, 15) is 4.79 Å². The molecular weight excluding hydrogens is 180 g/mol. The summed E-state index contributed by atoms with van der Waals surface area (Å²) in [6.07, 6.45) is 0.524. The van der Waals surface area contributed by atoms with Gasteiger partial charge in [0.1, 0.15) is 6.04 Å². The van der Waals surface area contributed by atoms with Gasteiger partial charge >= 0.3 is 5.97 Å². The maximum absolute atomic E-state index is 10.5. The second kappa shape index (κ2) is 6.79. The minimum absolute atomic E-state index is 0.524. The second-order valence-corrected chi connectivity index (χ2v) is 4.02. The predicted molar refractivity (Wildman–Crippen MR) is 57.2 cm³/mol. The van der Waals surface area contributed by atoms with E-state index >= 15 is 0 Å². The van der Waals surface area contributed by atoms with Crippen LogP contribution in [0.25, 0.3) is 0 Å². The highest BCUT2D eigenvalue weighted by Gasteiger charge is 2.13. The number of aliphatic carboxylic acids is 1. The van der Waals surface area contributed by atoms with Crippen LogP contribution < -0.4 is 5.73 Å². The van der Waals surface area contributed by atoms with Crippen molar-refractivity contribution in [3.8, 4) is 0 Å². The van der Waals surface area contributed by atoms with Crippen LogP contribution in [0.5, 0.6) is 0 Å². The highest BCUT2D eigenvalue weighted by Crippen LogP contribution is 2.00. The van der Waals surface area contributed by atoms with Gasteiger partial charge < -0.3 is 15.7 Å². The van der Waals surface area contributed by atoms with Gasteiger partial charge in [0.25, 0.3) is 0 Å². The van der Waals surface area contributed by atoms with Gasteiger partial charge in [-0.25, -0.2) is 0 Å². The standard InChI is InChI=1S/C10H22N2O2/c1-4-12(7-8(2)3)6-5-9(11)10(13)14/h8-9H,4-7,11H2,1-3H3,(H,13,14)/t9-/m1/s1. The van der Waals surface area contributed by atoms with Crippen LogP contribution in [0.15, 0.2) is 0 Å². The summed E-state index contributed by atoms with van der Waals surface area (Å²) in [5.74, 6) is -0.304. The van der Waals surface area contributed by atoms with E-state index in [1.807, 2.05) is 0 Å². The number of hydrogen-bond donors (Lipinski definition) is 2. The third-order valence-corrected chi connectivity index (χ3v) is 2.14. The Hall–Kier alpha value is -0.610. The van der Waals surface area contributed by atoms with Gasteiger partial charge in [0.2, 0.25) is 0 Å². The monoisotopic (exact) mass is 202 g/mol. The molecule has 0 bridgehead atoms. The predicted octanol–water partition coefficient (Wildman–Crippen LogP) is 0.766. The fourth-order valence-corrected chi connectivity index (χ4v) is 1.34. The fourth-order valence-electron chi connectivity index (χ4n) is 1.34. The molecule has 1 atom stereocenters. The minimum Gasteiger partial charge on any atom is -0.480 e. The highest BCUT2D eigenvalue weighted by atomic mass is 16.4. The molecule has 0 aliphatic rings. The summed E-state index contributed by atoms with van der Waals surface area (Å²) in [5, 5.41) is 8.61. The third-order valence-electron chi connectivity index (χ3n) is 2.14. The van der Waals surface area contributed by atoms with Gasteiger partial charge in [-0.1, -0.05) is 20.8 Å². The Bertz CT molecular complexity index is 172. The molecule has 0 fully saturated rings. The lowest BCUT2D eigenvalue weighted by Crippen LogP contribution is -2.36. The van der Waals surface area contributed by atoms with Gasteiger partial charge in [-0.3, -0.25) is 4.79 Å². The molecule has 0 aromatic carbocycles. The Kier molecular flexibility index (Phi) is 6.49. The topological polar surface area (TPSA) is 66.6 Å². The van der Waals surface area contributed by atoms with Crippen molar-refractivity contribution < 1.29 is 9.90 Å². The largest absolute Gasteiger partial charge is 0.480 e. The zero-order chi connectivity index (χ0) is 11.1. The molecule has 0 spiro atoms. The van der Waals surface area contributed by atoms with Crippen LogP contribution >= 0.6 is 0 Å². The molecule has 0 aromatic heterocycles. The van der Waals surface area contributed by atoms with Crippen molar-refractivity contribution in [2.24, 2.45) is 11.7 Å². The Morgan fingerprint density at radius 1 is 1.50 bits per heavy atom. The average molecular weight is 202 g/mol. The summed E-state index contributed by atoms with van der Waals surface area (Å²) < 4.78 is 0. The lowest BCUT2D eigenvalue weighted by Gasteiger charge is -2.23. The molecule has 0 unspecified atom stereocenters. The van der Waals surface area contributed by atoms with Crippen LogP contribution in [0.2, 0.25) is 0 Å². The zero-order valence-corrected chi connectivity index (χ0v) is 9.36. The van der Waals surface area contributed by atoms with Gasteiger partial charge in [0, 0.05) is 13.1 Å². The first-order valence-corrected chi connectivity index (χ1v) is 5.18. The van der Waals surface area contributed by atoms with Crippen LogP contribution in [-0.4, -0.2) is 41.7 Å². The maximum atomic E-state index is 10.5. The van der Waals surface area contributed by atoms with Crippen LogP contribution in [0.4, 0.5) is 0 Å². The van der Waals surface area contributed by atoms with Gasteiger partial charge in [-0.15, -0.1) is 0 Å². The summed E-state index contributed by atoms with van der Waals surface area (Å²) in [4.78, 5) is 12.7. The average Bonchev–Trinajstić information content (AvgIpc) is 2.10. The molecule has 4 heteroatoms.